The Hall–Kier alpha value is -5.23. The lowest BCUT2D eigenvalue weighted by molar-refractivity contribution is -0.129. The van der Waals surface area contributed by atoms with Gasteiger partial charge in [-0.25, -0.2) is 14.4 Å². The molecule has 4 rings (SSSR count). The number of benzene rings is 1. The van der Waals surface area contributed by atoms with E-state index in [2.05, 4.69) is 72.8 Å². The fraction of sp³-hybridized carbons (Fsp3) is 0.380. The number of carbonyl (C=O) groups is 2. The van der Waals surface area contributed by atoms with E-state index in [1.165, 1.54) is 78.3 Å². The average Bonchev–Trinajstić information content (AvgIpc) is 3.06. The van der Waals surface area contributed by atoms with Gasteiger partial charge in [0.05, 0.1) is 5.39 Å². The van der Waals surface area contributed by atoms with Gasteiger partial charge in [0.1, 0.15) is 17.1 Å². The molecule has 0 unspecified atom stereocenters. The summed E-state index contributed by atoms with van der Waals surface area (Å²) in [6.07, 6.45) is 30.1. The maximum atomic E-state index is 13.1. The van der Waals surface area contributed by atoms with Crippen molar-refractivity contribution in [1.29, 1.82) is 0 Å². The molecule has 0 bridgehead atoms. The van der Waals surface area contributed by atoms with E-state index in [-0.39, 0.29) is 27.9 Å². The van der Waals surface area contributed by atoms with E-state index >= 15 is 0 Å². The number of aryl methyl sites for hydroxylation is 1. The lowest BCUT2D eigenvalue weighted by Crippen LogP contribution is -2.19. The van der Waals surface area contributed by atoms with Crippen molar-refractivity contribution >= 4 is 22.9 Å². The first-order chi connectivity index (χ1) is 26.3. The largest absolute Gasteiger partial charge is 0.423 e. The average molecular weight is 757 g/mol. The van der Waals surface area contributed by atoms with Gasteiger partial charge in [0, 0.05) is 30.4 Å². The molecule has 0 saturated carbocycles. The van der Waals surface area contributed by atoms with Crippen molar-refractivity contribution in [3.8, 4) is 11.5 Å². The Kier molecular flexibility index (Phi) is 14.8. The van der Waals surface area contributed by atoms with Gasteiger partial charge in [-0.2, -0.15) is 0 Å². The predicted octanol–water partition coefficient (Wildman–Crippen LogP) is 13.0. The topological polar surface area (TPSA) is 82.8 Å². The Bertz CT molecular complexity index is 2210. The quantitative estimate of drug-likeness (QED) is 0.0705. The maximum Gasteiger partial charge on any atom is 0.336 e. The molecule has 0 spiro atoms. The van der Waals surface area contributed by atoms with Gasteiger partial charge in [0.15, 0.2) is 0 Å². The molecule has 2 aromatic rings. The highest BCUT2D eigenvalue weighted by molar-refractivity contribution is 5.94. The van der Waals surface area contributed by atoms with Crippen LogP contribution in [-0.4, -0.2) is 11.9 Å². The predicted molar refractivity (Wildman–Crippen MR) is 231 cm³/mol. The summed E-state index contributed by atoms with van der Waals surface area (Å²) in [6, 6.07) is 4.22. The normalized spacial score (nSPS) is 18.7. The van der Waals surface area contributed by atoms with Gasteiger partial charge in [0.2, 0.25) is 0 Å². The van der Waals surface area contributed by atoms with E-state index in [0.29, 0.717) is 22.1 Å². The molecule has 0 N–H and O–H groups in total. The van der Waals surface area contributed by atoms with E-state index in [1.54, 1.807) is 13.8 Å². The maximum absolute atomic E-state index is 13.1. The molecular weight excluding hydrogens is 697 g/mol. The van der Waals surface area contributed by atoms with Crippen LogP contribution in [0.5, 0.6) is 11.5 Å². The Morgan fingerprint density at radius 2 is 1.14 bits per heavy atom. The molecule has 2 aliphatic rings. The van der Waals surface area contributed by atoms with Gasteiger partial charge >= 0.3 is 17.6 Å². The van der Waals surface area contributed by atoms with Gasteiger partial charge in [0.25, 0.3) is 0 Å². The number of hydrogen-bond donors (Lipinski definition) is 0. The number of ether oxygens (including phenoxy) is 2. The number of rotatable bonds is 12. The molecule has 56 heavy (non-hydrogen) atoms. The smallest absolute Gasteiger partial charge is 0.336 e. The van der Waals surface area contributed by atoms with Crippen LogP contribution < -0.4 is 15.1 Å². The molecule has 1 aromatic heterocycles. The summed E-state index contributed by atoms with van der Waals surface area (Å²) in [5, 5.41) is 0.431. The summed E-state index contributed by atoms with van der Waals surface area (Å²) in [7, 11) is 0. The Labute approximate surface area is 334 Å². The summed E-state index contributed by atoms with van der Waals surface area (Å²) < 4.78 is 16.8. The first-order valence-electron chi connectivity index (χ1n) is 19.7. The van der Waals surface area contributed by atoms with Crippen LogP contribution in [0.15, 0.2) is 145 Å². The zero-order chi connectivity index (χ0) is 41.2. The van der Waals surface area contributed by atoms with Crippen LogP contribution in [0.25, 0.3) is 11.0 Å². The highest BCUT2D eigenvalue weighted by Gasteiger charge is 2.27. The first-order valence-corrected chi connectivity index (χ1v) is 19.7. The molecule has 0 fully saturated rings. The molecule has 0 amide bonds. The van der Waals surface area contributed by atoms with Gasteiger partial charge in [-0.15, -0.1) is 0 Å². The van der Waals surface area contributed by atoms with E-state index in [0.717, 1.165) is 24.0 Å². The molecule has 0 radical (unpaired) electrons. The Morgan fingerprint density at radius 1 is 0.661 bits per heavy atom. The highest BCUT2D eigenvalue weighted by atomic mass is 16.5. The molecular formula is C50H60O6. The Morgan fingerprint density at radius 3 is 1.62 bits per heavy atom. The highest BCUT2D eigenvalue weighted by Crippen LogP contribution is 2.42. The van der Waals surface area contributed by atoms with Gasteiger partial charge in [-0.05, 0) is 126 Å². The van der Waals surface area contributed by atoms with Gasteiger partial charge < -0.3 is 13.9 Å². The summed E-state index contributed by atoms with van der Waals surface area (Å²) in [4.78, 5) is 38.3. The summed E-state index contributed by atoms with van der Waals surface area (Å²) in [6.45, 7) is 23.1. The van der Waals surface area contributed by atoms with Crippen molar-refractivity contribution in [3.05, 3.63) is 152 Å². The minimum Gasteiger partial charge on any atom is -0.423 e. The molecule has 0 atom stereocenters. The second-order valence-electron chi connectivity index (χ2n) is 16.7. The van der Waals surface area contributed by atoms with E-state index in [9.17, 15) is 14.4 Å². The van der Waals surface area contributed by atoms with Crippen molar-refractivity contribution in [3.63, 3.8) is 0 Å². The number of carbonyl (C=O) groups excluding carboxylic acids is 2. The van der Waals surface area contributed by atoms with Crippen molar-refractivity contribution in [2.75, 3.05) is 0 Å². The molecule has 6 nitrogen and oxygen atoms in total. The number of fused-ring (bicyclic) bond motifs is 1. The van der Waals surface area contributed by atoms with Crippen molar-refractivity contribution < 1.29 is 23.5 Å². The first kappa shape index (κ1) is 43.5. The van der Waals surface area contributed by atoms with Crippen LogP contribution in [-0.2, 0) is 9.59 Å². The van der Waals surface area contributed by atoms with Crippen LogP contribution in [0.3, 0.4) is 0 Å². The molecule has 2 aliphatic carbocycles. The molecule has 296 valence electrons. The fourth-order valence-corrected chi connectivity index (χ4v) is 7.58. The summed E-state index contributed by atoms with van der Waals surface area (Å²) in [5.74, 6) is -1.08. The zero-order valence-corrected chi connectivity index (χ0v) is 35.4. The van der Waals surface area contributed by atoms with Crippen molar-refractivity contribution in [1.82, 2.24) is 0 Å². The van der Waals surface area contributed by atoms with E-state index in [1.807, 2.05) is 50.3 Å². The molecule has 6 heteroatoms. The second-order valence-corrected chi connectivity index (χ2v) is 16.7. The third-order valence-corrected chi connectivity index (χ3v) is 10.6. The van der Waals surface area contributed by atoms with Gasteiger partial charge in [-0.3, -0.25) is 0 Å². The van der Waals surface area contributed by atoms with Gasteiger partial charge in [-0.1, -0.05) is 111 Å². The molecule has 0 saturated heterocycles. The van der Waals surface area contributed by atoms with Crippen molar-refractivity contribution in [2.24, 2.45) is 10.8 Å². The second kappa shape index (κ2) is 19.1. The Balaban J connectivity index is 1.45. The SMILES string of the molecule is CC1=C(/C=C/C(C)=C/C=C/C(C)=C/C(=O)Oc2cc(OC(=O)/C=C(C)/C=C/C=C(C)/C=C/C3=C(C)CCCC3(C)C)c3c(C)cc(=O)oc3c2)C(C)(C)CCC1. The standard InChI is InChI=1S/C50H60O6/c1-33(22-24-41-37(5)20-14-26-49(41,8)9)16-12-18-35(3)28-45(51)54-40-31-43(48-39(7)30-47(53)56-44(48)32-40)55-46(52)29-36(4)19-13-17-34(2)23-25-42-38(6)21-15-27-50(42,10)11/h12-13,16-19,22-25,28-32H,14-15,20-21,26-27H2,1-11H3/b18-12+,19-13+,24-22+,25-23+,33-16+,34-17+,35-28+,36-29+. The zero-order valence-electron chi connectivity index (χ0n) is 35.4. The minimum absolute atomic E-state index is 0.0695. The fourth-order valence-electron chi connectivity index (χ4n) is 7.58. The van der Waals surface area contributed by atoms with Crippen LogP contribution in [0, 0.1) is 17.8 Å². The van der Waals surface area contributed by atoms with Crippen molar-refractivity contribution in [2.45, 2.75) is 115 Å². The third-order valence-electron chi connectivity index (χ3n) is 10.6. The molecule has 1 heterocycles. The van der Waals surface area contributed by atoms with Crippen LogP contribution in [0.1, 0.15) is 113 Å². The number of hydrogen-bond acceptors (Lipinski definition) is 6. The lowest BCUT2D eigenvalue weighted by atomic mass is 9.72. The van der Waals surface area contributed by atoms with Crippen LogP contribution in [0.4, 0.5) is 0 Å². The lowest BCUT2D eigenvalue weighted by Gasteiger charge is -2.33. The molecule has 1 aromatic carbocycles. The summed E-state index contributed by atoms with van der Waals surface area (Å²) >= 11 is 0. The van der Waals surface area contributed by atoms with E-state index in [4.69, 9.17) is 13.9 Å². The monoisotopic (exact) mass is 756 g/mol. The minimum atomic E-state index is -0.630. The summed E-state index contributed by atoms with van der Waals surface area (Å²) in [5.41, 5.74) is 9.76. The third kappa shape index (κ3) is 12.4. The van der Waals surface area contributed by atoms with Crippen LogP contribution >= 0.6 is 0 Å². The van der Waals surface area contributed by atoms with Crippen LogP contribution in [0.2, 0.25) is 0 Å². The molecule has 0 aliphatic heterocycles. The number of esters is 2. The number of allylic oxidation sites excluding steroid dienone is 18. The van der Waals surface area contributed by atoms with E-state index < -0.39 is 17.6 Å².